The first-order chi connectivity index (χ1) is 10.3. The van der Waals surface area contributed by atoms with E-state index in [1.807, 2.05) is 0 Å². The van der Waals surface area contributed by atoms with Crippen LogP contribution in [-0.4, -0.2) is 41.8 Å². The second-order valence-electron chi connectivity index (χ2n) is 5.17. The van der Waals surface area contributed by atoms with Gasteiger partial charge in [-0.1, -0.05) is 6.92 Å². The van der Waals surface area contributed by atoms with E-state index in [1.54, 1.807) is 6.92 Å². The predicted molar refractivity (Wildman–Crippen MR) is 80.1 cm³/mol. The summed E-state index contributed by atoms with van der Waals surface area (Å²) in [6.45, 7) is 4.31. The van der Waals surface area contributed by atoms with Crippen LogP contribution in [0.4, 0.5) is 0 Å². The molecule has 2 amide bonds. The Morgan fingerprint density at radius 2 is 1.55 bits per heavy atom. The zero-order chi connectivity index (χ0) is 17.1. The van der Waals surface area contributed by atoms with E-state index in [1.165, 1.54) is 13.8 Å². The van der Waals surface area contributed by atoms with Gasteiger partial charge in [-0.2, -0.15) is 0 Å². The molecule has 0 spiro atoms. The van der Waals surface area contributed by atoms with E-state index in [2.05, 4.69) is 10.6 Å². The van der Waals surface area contributed by atoms with Gasteiger partial charge < -0.3 is 15.4 Å². The zero-order valence-electron chi connectivity index (χ0n) is 13.4. The number of hydrogen-bond acceptors (Lipinski definition) is 5. The van der Waals surface area contributed by atoms with Crippen molar-refractivity contribution in [3.63, 3.8) is 0 Å². The van der Waals surface area contributed by atoms with Gasteiger partial charge in [-0.05, 0) is 20.3 Å². The maximum atomic E-state index is 12.0. The Labute approximate surface area is 130 Å². The number of carbonyl (C=O) groups excluding carboxylic acids is 5. The van der Waals surface area contributed by atoms with Crippen molar-refractivity contribution in [2.24, 2.45) is 0 Å². The first-order valence-corrected chi connectivity index (χ1v) is 7.33. The molecule has 2 N–H and O–H groups in total. The van der Waals surface area contributed by atoms with Crippen LogP contribution < -0.4 is 10.6 Å². The van der Waals surface area contributed by atoms with Gasteiger partial charge in [0.05, 0.1) is 6.54 Å². The van der Waals surface area contributed by atoms with E-state index < -0.39 is 17.9 Å². The smallest absolute Gasteiger partial charge is 0.242 e. The third-order valence-corrected chi connectivity index (χ3v) is 2.97. The highest BCUT2D eigenvalue weighted by Gasteiger charge is 2.21. The fraction of sp³-hybridized carbons (Fsp3) is 0.667. The van der Waals surface area contributed by atoms with Crippen LogP contribution in [0.25, 0.3) is 0 Å². The largest absolute Gasteiger partial charge is 0.347 e. The lowest BCUT2D eigenvalue weighted by molar-refractivity contribution is -0.131. The number of nitrogens with one attached hydrogen (secondary N) is 2. The average Bonchev–Trinajstić information content (AvgIpc) is 2.46. The van der Waals surface area contributed by atoms with E-state index >= 15 is 0 Å². The number of Topliss-reactive ketones (excluding diaryl/α,β-unsaturated/α-hetero) is 3. The highest BCUT2D eigenvalue weighted by atomic mass is 16.2. The number of ketones is 3. The lowest BCUT2D eigenvalue weighted by Gasteiger charge is -2.17. The number of hydrogen-bond donors (Lipinski definition) is 2. The maximum Gasteiger partial charge on any atom is 0.242 e. The van der Waals surface area contributed by atoms with Crippen molar-refractivity contribution in [3.8, 4) is 0 Å². The van der Waals surface area contributed by atoms with E-state index in [9.17, 15) is 24.0 Å². The van der Waals surface area contributed by atoms with Crippen molar-refractivity contribution < 1.29 is 24.0 Å². The molecule has 0 aromatic carbocycles. The molecule has 0 aromatic rings. The van der Waals surface area contributed by atoms with Crippen LogP contribution in [-0.2, 0) is 24.0 Å². The van der Waals surface area contributed by atoms with Gasteiger partial charge in [-0.15, -0.1) is 0 Å². The molecule has 0 saturated heterocycles. The van der Waals surface area contributed by atoms with Crippen molar-refractivity contribution in [1.29, 1.82) is 0 Å². The summed E-state index contributed by atoms with van der Waals surface area (Å²) in [5.41, 5.74) is 0. The molecule has 1 atom stereocenters. The monoisotopic (exact) mass is 312 g/mol. The highest BCUT2D eigenvalue weighted by Crippen LogP contribution is 2.02. The van der Waals surface area contributed by atoms with Crippen molar-refractivity contribution in [3.05, 3.63) is 0 Å². The summed E-state index contributed by atoms with van der Waals surface area (Å²) in [5.74, 6) is -1.27. The Morgan fingerprint density at radius 1 is 0.909 bits per heavy atom. The summed E-state index contributed by atoms with van der Waals surface area (Å²) in [7, 11) is 0. The van der Waals surface area contributed by atoms with Gasteiger partial charge in [0.15, 0.2) is 0 Å². The Bertz CT molecular complexity index is 445. The van der Waals surface area contributed by atoms with Crippen LogP contribution in [0.15, 0.2) is 0 Å². The summed E-state index contributed by atoms with van der Waals surface area (Å²) in [4.78, 5) is 56.8. The number of rotatable bonds is 11. The van der Waals surface area contributed by atoms with Crippen molar-refractivity contribution >= 4 is 29.2 Å². The molecule has 0 aliphatic carbocycles. The van der Waals surface area contributed by atoms with Crippen LogP contribution in [0.3, 0.4) is 0 Å². The van der Waals surface area contributed by atoms with Crippen molar-refractivity contribution in [2.45, 2.75) is 58.9 Å². The van der Waals surface area contributed by atoms with E-state index in [-0.39, 0.29) is 49.6 Å². The first-order valence-electron chi connectivity index (χ1n) is 7.33. The zero-order valence-corrected chi connectivity index (χ0v) is 13.4. The second-order valence-corrected chi connectivity index (χ2v) is 5.17. The first kappa shape index (κ1) is 19.9. The molecule has 0 radical (unpaired) electrons. The maximum absolute atomic E-state index is 12.0. The molecule has 22 heavy (non-hydrogen) atoms. The quantitative estimate of drug-likeness (QED) is 0.570. The fourth-order valence-electron chi connectivity index (χ4n) is 1.64. The van der Waals surface area contributed by atoms with Crippen molar-refractivity contribution in [2.75, 3.05) is 6.54 Å². The molecule has 1 unspecified atom stereocenters. The standard InChI is InChI=1S/C15H24N2O5/c1-4-12(20)6-7-13(15(22)16-9-11(3)19)17-14(21)8-5-10(2)18/h13H,4-9H2,1-3H3,(H,16,22)(H,17,21). The molecule has 0 saturated carbocycles. The molecular formula is C15H24N2O5. The summed E-state index contributed by atoms with van der Waals surface area (Å²) < 4.78 is 0. The summed E-state index contributed by atoms with van der Waals surface area (Å²) in [6.07, 6.45) is 0.791. The lowest BCUT2D eigenvalue weighted by atomic mass is 10.1. The van der Waals surface area contributed by atoms with Gasteiger partial charge in [-0.3, -0.25) is 19.2 Å². The van der Waals surface area contributed by atoms with Gasteiger partial charge in [0.2, 0.25) is 11.8 Å². The Balaban J connectivity index is 4.58. The molecule has 7 nitrogen and oxygen atoms in total. The Morgan fingerprint density at radius 3 is 2.05 bits per heavy atom. The minimum absolute atomic E-state index is 0.00640. The molecule has 7 heteroatoms. The van der Waals surface area contributed by atoms with Gasteiger partial charge in [0.1, 0.15) is 23.4 Å². The molecule has 0 fully saturated rings. The third kappa shape index (κ3) is 9.79. The van der Waals surface area contributed by atoms with Crippen LogP contribution >= 0.6 is 0 Å². The number of carbonyl (C=O) groups is 5. The molecule has 0 aliphatic heterocycles. The molecule has 0 bridgehead atoms. The number of amides is 2. The van der Waals surface area contributed by atoms with Crippen LogP contribution in [0, 0.1) is 0 Å². The summed E-state index contributed by atoms with van der Waals surface area (Å²) in [5, 5.41) is 4.92. The van der Waals surface area contributed by atoms with Crippen molar-refractivity contribution in [1.82, 2.24) is 10.6 Å². The molecule has 124 valence electrons. The second kappa shape index (κ2) is 10.6. The van der Waals surface area contributed by atoms with Gasteiger partial charge in [-0.25, -0.2) is 0 Å². The molecule has 0 heterocycles. The van der Waals surface area contributed by atoms with E-state index in [4.69, 9.17) is 0 Å². The van der Waals surface area contributed by atoms with Crippen LogP contribution in [0.1, 0.15) is 52.9 Å². The molecular weight excluding hydrogens is 288 g/mol. The molecule has 0 rings (SSSR count). The summed E-state index contributed by atoms with van der Waals surface area (Å²) >= 11 is 0. The normalized spacial score (nSPS) is 11.4. The van der Waals surface area contributed by atoms with Gasteiger partial charge in [0.25, 0.3) is 0 Å². The van der Waals surface area contributed by atoms with Gasteiger partial charge >= 0.3 is 0 Å². The Hall–Kier alpha value is -2.05. The predicted octanol–water partition coefficient (Wildman–Crippen LogP) is 0.305. The minimum Gasteiger partial charge on any atom is -0.347 e. The third-order valence-electron chi connectivity index (χ3n) is 2.97. The fourth-order valence-corrected chi connectivity index (χ4v) is 1.64. The Kier molecular flexibility index (Phi) is 9.65. The van der Waals surface area contributed by atoms with E-state index in [0.717, 1.165) is 0 Å². The van der Waals surface area contributed by atoms with Gasteiger partial charge in [0, 0.05) is 25.7 Å². The van der Waals surface area contributed by atoms with Crippen LogP contribution in [0.2, 0.25) is 0 Å². The lowest BCUT2D eigenvalue weighted by Crippen LogP contribution is -2.47. The highest BCUT2D eigenvalue weighted by molar-refractivity contribution is 5.91. The molecule has 0 aromatic heterocycles. The molecule has 0 aliphatic rings. The minimum atomic E-state index is -0.880. The topological polar surface area (TPSA) is 109 Å². The summed E-state index contributed by atoms with van der Waals surface area (Å²) in [6, 6.07) is -0.880. The SMILES string of the molecule is CCC(=O)CCC(NC(=O)CCC(C)=O)C(=O)NCC(C)=O. The van der Waals surface area contributed by atoms with E-state index in [0.29, 0.717) is 6.42 Å². The average molecular weight is 312 g/mol. The van der Waals surface area contributed by atoms with Crippen LogP contribution in [0.5, 0.6) is 0 Å².